The maximum Gasteiger partial charge on any atom is 0.500 e. The lowest BCUT2D eigenvalue weighted by atomic mass is 10.1. The average Bonchev–Trinajstić information content (AvgIpc) is 3.13. The zero-order valence-electron chi connectivity index (χ0n) is 15.7. The number of aromatic amines is 1. The molecule has 0 aromatic carbocycles. The van der Waals surface area contributed by atoms with Gasteiger partial charge in [-0.2, -0.15) is 5.10 Å². The molecule has 1 N–H and O–H groups in total. The zero-order chi connectivity index (χ0) is 17.5. The highest BCUT2D eigenvalue weighted by Gasteiger charge is 2.36. The molecule has 0 unspecified atom stereocenters. The van der Waals surface area contributed by atoms with Gasteiger partial charge in [0.25, 0.3) is 0 Å². The monoisotopic (exact) mass is 357 g/mol. The van der Waals surface area contributed by atoms with E-state index in [-0.39, 0.29) is 0 Å². The molecule has 0 saturated heterocycles. The number of hydrogen-bond acceptors (Lipinski definition) is 5. The molecule has 0 aliphatic carbocycles. The van der Waals surface area contributed by atoms with Crippen LogP contribution in [-0.2, 0) is 19.7 Å². The number of hydrogen-bond donors (Lipinski definition) is 1. The first kappa shape index (κ1) is 21.3. The summed E-state index contributed by atoms with van der Waals surface area (Å²) in [5, 5.41) is 6.78. The Kier molecular flexibility index (Phi) is 12.0. The minimum Gasteiger partial charge on any atom is -0.377 e. The van der Waals surface area contributed by atoms with Gasteiger partial charge in [-0.3, -0.25) is 5.10 Å². The Labute approximate surface area is 148 Å². The van der Waals surface area contributed by atoms with Gasteiger partial charge in [0.1, 0.15) is 12.2 Å². The molecule has 1 rings (SSSR count). The summed E-state index contributed by atoms with van der Waals surface area (Å²) < 4.78 is 16.3. The molecule has 1 aromatic heterocycles. The highest BCUT2D eigenvalue weighted by atomic mass is 28.4. The Hall–Kier alpha value is -0.763. The van der Waals surface area contributed by atoms with E-state index in [9.17, 15) is 0 Å². The molecule has 1 aromatic rings. The molecule has 0 saturated carbocycles. The molecule has 0 fully saturated rings. The Morgan fingerprint density at radius 2 is 1.29 bits per heavy atom. The molecule has 0 atom stereocenters. The quantitative estimate of drug-likeness (QED) is 0.356. The van der Waals surface area contributed by atoms with Crippen LogP contribution in [0.15, 0.2) is 6.33 Å². The van der Waals surface area contributed by atoms with Gasteiger partial charge in [-0.1, -0.05) is 51.4 Å². The average molecular weight is 358 g/mol. The van der Waals surface area contributed by atoms with Gasteiger partial charge in [-0.05, 0) is 12.8 Å². The molecule has 7 heteroatoms. The zero-order valence-corrected chi connectivity index (χ0v) is 16.7. The first-order chi connectivity index (χ1) is 11.8. The van der Waals surface area contributed by atoms with Crippen LogP contribution in [0.3, 0.4) is 0 Å². The lowest BCUT2D eigenvalue weighted by Gasteiger charge is -2.24. The van der Waals surface area contributed by atoms with Crippen LogP contribution in [0.25, 0.3) is 0 Å². The largest absolute Gasteiger partial charge is 0.500 e. The van der Waals surface area contributed by atoms with Gasteiger partial charge in [0.2, 0.25) is 0 Å². The van der Waals surface area contributed by atoms with Crippen molar-refractivity contribution in [2.75, 3.05) is 21.3 Å². The predicted octanol–water partition coefficient (Wildman–Crippen LogP) is 4.13. The van der Waals surface area contributed by atoms with Crippen molar-refractivity contribution < 1.29 is 13.3 Å². The summed E-state index contributed by atoms with van der Waals surface area (Å²) >= 11 is 0. The molecule has 0 bridgehead atoms. The summed E-state index contributed by atoms with van der Waals surface area (Å²) in [6, 6.07) is 0.918. The third-order valence-electron chi connectivity index (χ3n) is 4.54. The second kappa shape index (κ2) is 13.5. The van der Waals surface area contributed by atoms with E-state index in [2.05, 4.69) is 15.2 Å². The molecule has 0 amide bonds. The highest BCUT2D eigenvalue weighted by Crippen LogP contribution is 2.18. The summed E-state index contributed by atoms with van der Waals surface area (Å²) in [5.74, 6) is 1.01. The summed E-state index contributed by atoms with van der Waals surface area (Å²) in [5.41, 5.74) is 0. The van der Waals surface area contributed by atoms with Crippen LogP contribution >= 0.6 is 0 Å². The van der Waals surface area contributed by atoms with Crippen molar-refractivity contribution in [1.82, 2.24) is 15.2 Å². The Bertz CT molecular complexity index is 378. The van der Waals surface area contributed by atoms with E-state index in [1.54, 1.807) is 27.7 Å². The van der Waals surface area contributed by atoms with Crippen molar-refractivity contribution in [3.05, 3.63) is 12.2 Å². The number of nitrogens with zero attached hydrogens (tertiary/aromatic N) is 2. The minimum atomic E-state index is -2.34. The van der Waals surface area contributed by atoms with Gasteiger partial charge in [0.15, 0.2) is 0 Å². The molecule has 0 radical (unpaired) electrons. The Morgan fingerprint density at radius 1 is 0.792 bits per heavy atom. The van der Waals surface area contributed by atoms with Crippen molar-refractivity contribution in [1.29, 1.82) is 0 Å². The molecule has 0 aliphatic heterocycles. The van der Waals surface area contributed by atoms with Gasteiger partial charge in [-0.15, -0.1) is 0 Å². The predicted molar refractivity (Wildman–Crippen MR) is 97.8 cm³/mol. The molecule has 24 heavy (non-hydrogen) atoms. The fraction of sp³-hybridized carbons (Fsp3) is 0.882. The van der Waals surface area contributed by atoms with Crippen LogP contribution in [-0.4, -0.2) is 45.3 Å². The van der Waals surface area contributed by atoms with E-state index < -0.39 is 8.80 Å². The van der Waals surface area contributed by atoms with E-state index in [0.29, 0.717) is 0 Å². The SMILES string of the molecule is CO[Si](CCCCCCCCCCCCc1ncn[nH]1)(OC)OC. The van der Waals surface area contributed by atoms with Crippen molar-refractivity contribution in [2.45, 2.75) is 76.7 Å². The maximum atomic E-state index is 5.44. The third kappa shape index (κ3) is 8.91. The lowest BCUT2D eigenvalue weighted by Crippen LogP contribution is -2.42. The fourth-order valence-electron chi connectivity index (χ4n) is 2.96. The van der Waals surface area contributed by atoms with Crippen molar-refractivity contribution in [2.24, 2.45) is 0 Å². The van der Waals surface area contributed by atoms with Crippen molar-refractivity contribution in [3.8, 4) is 0 Å². The van der Waals surface area contributed by atoms with Gasteiger partial charge in [0.05, 0.1) is 0 Å². The van der Waals surface area contributed by atoms with Crippen LogP contribution in [0, 0.1) is 0 Å². The van der Waals surface area contributed by atoms with Crippen molar-refractivity contribution >= 4 is 8.80 Å². The van der Waals surface area contributed by atoms with Crippen LogP contribution in [0.1, 0.15) is 70.0 Å². The van der Waals surface area contributed by atoms with Crippen molar-refractivity contribution in [3.63, 3.8) is 0 Å². The third-order valence-corrected chi connectivity index (χ3v) is 7.38. The van der Waals surface area contributed by atoms with Crippen LogP contribution in [0.5, 0.6) is 0 Å². The standard InChI is InChI=1S/C17H35N3O3Si/c1-21-24(22-2,23-3)15-13-11-9-7-5-4-6-8-10-12-14-17-18-16-19-20-17/h16H,4-15H2,1-3H3,(H,18,19,20). The van der Waals surface area contributed by atoms with E-state index in [0.717, 1.165) is 24.7 Å². The molecule has 1 heterocycles. The first-order valence-corrected chi connectivity index (χ1v) is 11.2. The summed E-state index contributed by atoms with van der Waals surface area (Å²) in [7, 11) is 2.71. The lowest BCUT2D eigenvalue weighted by molar-refractivity contribution is 0.122. The number of aryl methyl sites for hydroxylation is 1. The Morgan fingerprint density at radius 3 is 1.75 bits per heavy atom. The summed E-state index contributed by atoms with van der Waals surface area (Å²) in [6.45, 7) is 0. The molecule has 6 nitrogen and oxygen atoms in total. The molecular formula is C17H35N3O3Si. The smallest absolute Gasteiger partial charge is 0.377 e. The number of rotatable bonds is 16. The molecule has 140 valence electrons. The summed E-state index contributed by atoms with van der Waals surface area (Å²) in [6.07, 6.45) is 15.5. The van der Waals surface area contributed by atoms with Gasteiger partial charge < -0.3 is 13.3 Å². The number of H-pyrrole nitrogens is 1. The van der Waals surface area contributed by atoms with Gasteiger partial charge in [-0.25, -0.2) is 4.98 Å². The van der Waals surface area contributed by atoms with E-state index in [4.69, 9.17) is 13.3 Å². The topological polar surface area (TPSA) is 69.3 Å². The van der Waals surface area contributed by atoms with Crippen LogP contribution in [0.2, 0.25) is 6.04 Å². The van der Waals surface area contributed by atoms with E-state index in [1.165, 1.54) is 57.8 Å². The highest BCUT2D eigenvalue weighted by molar-refractivity contribution is 6.60. The van der Waals surface area contributed by atoms with Crippen LogP contribution in [0.4, 0.5) is 0 Å². The second-order valence-corrected chi connectivity index (χ2v) is 9.35. The normalized spacial score (nSPS) is 12.0. The molecule has 0 aliphatic rings. The second-order valence-electron chi connectivity index (χ2n) is 6.26. The Balaban J connectivity index is 1.83. The number of unbranched alkanes of at least 4 members (excludes halogenated alkanes) is 9. The summed E-state index contributed by atoms with van der Waals surface area (Å²) in [4.78, 5) is 4.14. The molecule has 0 spiro atoms. The van der Waals surface area contributed by atoms with Crippen LogP contribution < -0.4 is 0 Å². The van der Waals surface area contributed by atoms with Gasteiger partial charge >= 0.3 is 8.80 Å². The maximum absolute atomic E-state index is 5.44. The number of aromatic nitrogens is 3. The van der Waals surface area contributed by atoms with E-state index >= 15 is 0 Å². The fourth-order valence-corrected chi connectivity index (χ4v) is 4.75. The van der Waals surface area contributed by atoms with E-state index in [1.807, 2.05) is 0 Å². The first-order valence-electron chi connectivity index (χ1n) is 9.26. The van der Waals surface area contributed by atoms with Gasteiger partial charge in [0, 0.05) is 33.8 Å². The minimum absolute atomic E-state index is 0.918. The number of nitrogens with one attached hydrogen (secondary N) is 1. The molecular weight excluding hydrogens is 322 g/mol.